The fraction of sp³-hybridized carbons (Fsp3) is 1.00. The van der Waals surface area contributed by atoms with Crippen LogP contribution < -0.4 is 0 Å². The molecule has 6 heavy (non-hydrogen) atoms. The molecule has 0 aromatic rings. The van der Waals surface area contributed by atoms with Crippen LogP contribution in [0.5, 0.6) is 0 Å². The van der Waals surface area contributed by atoms with Crippen LogP contribution in [-0.4, -0.2) is 0 Å². The average Bonchev–Trinajstić information content (AvgIpc) is 1.36. The van der Waals surface area contributed by atoms with Crippen molar-refractivity contribution in [1.82, 2.24) is 0 Å². The van der Waals surface area contributed by atoms with Crippen LogP contribution in [0.1, 0.15) is 30.5 Å². The molecule has 0 fully saturated rings. The van der Waals surface area contributed by atoms with Gasteiger partial charge in [0.15, 0.2) is 0 Å². The molecule has 0 N–H and O–H groups in total. The number of hydrogen-bond donors (Lipinski definition) is 0. The van der Waals surface area contributed by atoms with Gasteiger partial charge in [-0.1, -0.05) is 27.7 Å². The van der Waals surface area contributed by atoms with E-state index in [4.69, 9.17) is 0 Å². The van der Waals surface area contributed by atoms with Crippen molar-refractivity contribution < 1.29 is 2.85 Å². The lowest BCUT2D eigenvalue weighted by atomic mass is 10.0. The minimum absolute atomic E-state index is 0. The van der Waals surface area contributed by atoms with Gasteiger partial charge < -0.3 is 0 Å². The summed E-state index contributed by atoms with van der Waals surface area (Å²) in [6.45, 7) is 8.96. The second-order valence-corrected chi connectivity index (χ2v) is 2.49. The number of rotatable bonds is 1. The molecule has 0 aliphatic rings. The first-order valence-corrected chi connectivity index (χ1v) is 2.64. The topological polar surface area (TPSA) is 0 Å². The van der Waals surface area contributed by atoms with Crippen molar-refractivity contribution in [3.05, 3.63) is 0 Å². The molecule has 0 atom stereocenters. The van der Waals surface area contributed by atoms with Crippen LogP contribution in [-0.2, 0) is 0 Å². The predicted molar refractivity (Wildman–Crippen MR) is 33.9 cm³/mol. The van der Waals surface area contributed by atoms with Gasteiger partial charge in [-0.05, 0) is 11.8 Å². The second kappa shape index (κ2) is 2.22. The molecule has 42 valence electrons. The third-order valence-corrected chi connectivity index (χ3v) is 1.33. The summed E-state index contributed by atoms with van der Waals surface area (Å²) in [6.07, 6.45) is 0. The Morgan fingerprint density at radius 2 is 1.00 bits per heavy atom. The van der Waals surface area contributed by atoms with Gasteiger partial charge >= 0.3 is 0 Å². The van der Waals surface area contributed by atoms with E-state index < -0.39 is 0 Å². The third-order valence-electron chi connectivity index (χ3n) is 1.33. The Hall–Kier alpha value is 0. The molecule has 0 aromatic heterocycles. The van der Waals surface area contributed by atoms with E-state index in [2.05, 4.69) is 27.7 Å². The molecule has 0 nitrogen and oxygen atoms in total. The summed E-state index contributed by atoms with van der Waals surface area (Å²) in [4.78, 5) is 0. The Morgan fingerprint density at radius 1 is 0.833 bits per heavy atom. The Labute approximate surface area is 43.5 Å². The average molecular weight is 92.2 g/mol. The monoisotopic (exact) mass is 92.2 g/mol. The highest BCUT2D eigenvalue weighted by molar-refractivity contribution is 4.46. The highest BCUT2D eigenvalue weighted by Crippen LogP contribution is 2.05. The van der Waals surface area contributed by atoms with E-state index in [1.165, 1.54) is 0 Å². The summed E-state index contributed by atoms with van der Waals surface area (Å²) in [5, 5.41) is 0. The summed E-state index contributed by atoms with van der Waals surface area (Å²) < 4.78 is 0. The van der Waals surface area contributed by atoms with Crippen molar-refractivity contribution in [2.45, 2.75) is 27.7 Å². The molecule has 0 radical (unpaired) electrons. The zero-order chi connectivity index (χ0) is 5.15. The van der Waals surface area contributed by atoms with E-state index in [1.807, 2.05) is 0 Å². The zero-order valence-electron chi connectivity index (χ0n) is 5.15. The van der Waals surface area contributed by atoms with Crippen molar-refractivity contribution in [3.8, 4) is 0 Å². The first-order valence-electron chi connectivity index (χ1n) is 2.64. The highest BCUT2D eigenvalue weighted by Gasteiger charge is 1.95. The molecule has 0 unspecified atom stereocenters. The van der Waals surface area contributed by atoms with Gasteiger partial charge in [0.05, 0.1) is 0 Å². The summed E-state index contributed by atoms with van der Waals surface area (Å²) in [5.41, 5.74) is 0. The van der Waals surface area contributed by atoms with Crippen molar-refractivity contribution in [2.24, 2.45) is 11.8 Å². The summed E-state index contributed by atoms with van der Waals surface area (Å²) in [6, 6.07) is 0. The van der Waals surface area contributed by atoms with Crippen molar-refractivity contribution in [2.75, 3.05) is 0 Å². The first kappa shape index (κ1) is 6.00. The number of hydrogen-bond acceptors (Lipinski definition) is 0. The van der Waals surface area contributed by atoms with Crippen molar-refractivity contribution >= 4 is 0 Å². The quantitative estimate of drug-likeness (QED) is 0.466. The minimum Gasteiger partial charge on any atom is -0.0625 e. The van der Waals surface area contributed by atoms with Gasteiger partial charge in [-0.2, -0.15) is 0 Å². The Balaban J connectivity index is -0.000000125. The van der Waals surface area contributed by atoms with Gasteiger partial charge in [0.2, 0.25) is 0 Å². The lowest BCUT2D eigenvalue weighted by Crippen LogP contribution is -1.95. The maximum Gasteiger partial charge on any atom is 0 e. The van der Waals surface area contributed by atoms with Crippen LogP contribution in [0, 0.1) is 11.8 Å². The van der Waals surface area contributed by atoms with Crippen molar-refractivity contribution in [1.29, 1.82) is 0 Å². The van der Waals surface area contributed by atoms with E-state index in [0.29, 0.717) is 0 Å². The van der Waals surface area contributed by atoms with Crippen LogP contribution in [0.4, 0.5) is 0 Å². The SMILES string of the molecule is CC(C)C(C)C.[2HH].[2HH]. The first-order chi connectivity index (χ1) is 2.64. The maximum absolute atomic E-state index is 2.24. The smallest absolute Gasteiger partial charge is 0 e. The van der Waals surface area contributed by atoms with E-state index in [0.717, 1.165) is 11.8 Å². The lowest BCUT2D eigenvalue weighted by Gasteiger charge is -2.05. The van der Waals surface area contributed by atoms with Crippen molar-refractivity contribution in [3.63, 3.8) is 0 Å². The van der Waals surface area contributed by atoms with E-state index in [-0.39, 0.29) is 2.85 Å². The lowest BCUT2D eigenvalue weighted by molar-refractivity contribution is 0.457. The standard InChI is InChI=1S/C6H14.2H2/c1-5(2)6(3)4;;/h5-6H,1-4H3;2*1H/i;2*1+1. The fourth-order valence-corrected chi connectivity index (χ4v) is 0. The highest BCUT2D eigenvalue weighted by atomic mass is 14.0. The molecule has 0 rings (SSSR count). The Kier molecular flexibility index (Phi) is 2.22. The predicted octanol–water partition coefficient (Wildman–Crippen LogP) is 2.79. The van der Waals surface area contributed by atoms with Crippen LogP contribution >= 0.6 is 0 Å². The summed E-state index contributed by atoms with van der Waals surface area (Å²) in [7, 11) is 0. The molecule has 0 spiro atoms. The zero-order valence-corrected chi connectivity index (χ0v) is 5.15. The molecule has 0 bridgehead atoms. The van der Waals surface area contributed by atoms with Gasteiger partial charge in [0.1, 0.15) is 0 Å². The van der Waals surface area contributed by atoms with Gasteiger partial charge in [0, 0.05) is 2.85 Å². The van der Waals surface area contributed by atoms with Crippen LogP contribution in [0.2, 0.25) is 0 Å². The fourth-order valence-electron chi connectivity index (χ4n) is 0. The molecular formula is C6H18. The normalized spacial score (nSPS) is 11.0. The van der Waals surface area contributed by atoms with E-state index in [1.54, 1.807) is 0 Å². The molecule has 0 aliphatic carbocycles. The Bertz CT molecular complexity index is 27.5. The molecule has 0 saturated carbocycles. The van der Waals surface area contributed by atoms with Gasteiger partial charge in [-0.25, -0.2) is 0 Å². The van der Waals surface area contributed by atoms with Crippen LogP contribution in [0.15, 0.2) is 0 Å². The molecule has 0 saturated heterocycles. The summed E-state index contributed by atoms with van der Waals surface area (Å²) in [5.74, 6) is 1.70. The molecule has 0 heterocycles. The molecule has 0 heteroatoms. The minimum atomic E-state index is 0. The largest absolute Gasteiger partial charge is 0.0625 e. The molecule has 0 aliphatic heterocycles. The summed E-state index contributed by atoms with van der Waals surface area (Å²) >= 11 is 0. The van der Waals surface area contributed by atoms with Crippen LogP contribution in [0.25, 0.3) is 0 Å². The van der Waals surface area contributed by atoms with E-state index >= 15 is 0 Å². The van der Waals surface area contributed by atoms with Crippen LogP contribution in [0.3, 0.4) is 0 Å². The van der Waals surface area contributed by atoms with Gasteiger partial charge in [0.25, 0.3) is 0 Å². The third kappa shape index (κ3) is 2.25. The Morgan fingerprint density at radius 3 is 1.00 bits per heavy atom. The maximum atomic E-state index is 2.24. The molecular weight excluding hydrogens is 72.1 g/mol. The van der Waals surface area contributed by atoms with Gasteiger partial charge in [-0.15, -0.1) is 0 Å². The van der Waals surface area contributed by atoms with Gasteiger partial charge in [-0.3, -0.25) is 0 Å². The molecule has 0 aromatic carbocycles. The van der Waals surface area contributed by atoms with E-state index in [9.17, 15) is 0 Å². The molecule has 0 amide bonds. The second-order valence-electron chi connectivity index (χ2n) is 2.49.